The minimum absolute atomic E-state index is 0. The van der Waals surface area contributed by atoms with E-state index in [1.165, 1.54) is 14.0 Å². The highest BCUT2D eigenvalue weighted by Crippen LogP contribution is 2.42. The van der Waals surface area contributed by atoms with Gasteiger partial charge in [0.1, 0.15) is 17.8 Å². The van der Waals surface area contributed by atoms with Crippen molar-refractivity contribution in [3.63, 3.8) is 0 Å². The zero-order chi connectivity index (χ0) is 20.3. The molecule has 0 saturated carbocycles. The number of piperidine rings is 1. The smallest absolute Gasteiger partial charge is 0.338 e. The number of hydrogen-bond donors (Lipinski definition) is 0. The number of hydrogen-bond acceptors (Lipinski definition) is 6. The molecule has 7 heteroatoms. The number of ketones is 1. The van der Waals surface area contributed by atoms with Gasteiger partial charge in [0.2, 0.25) is 5.91 Å². The molecule has 3 unspecified atom stereocenters. The van der Waals surface area contributed by atoms with Gasteiger partial charge in [0.05, 0.1) is 12.7 Å². The van der Waals surface area contributed by atoms with Crippen LogP contribution < -0.4 is 0 Å². The second-order valence-corrected chi connectivity index (χ2v) is 7.40. The summed E-state index contributed by atoms with van der Waals surface area (Å²) in [6.07, 6.45) is 1.45. The molecule has 2 aliphatic rings. The van der Waals surface area contributed by atoms with Crippen LogP contribution in [0.2, 0.25) is 0 Å². The molecular weight excluding hydrogens is 374 g/mol. The summed E-state index contributed by atoms with van der Waals surface area (Å²) in [6.45, 7) is 1.45. The summed E-state index contributed by atoms with van der Waals surface area (Å²) >= 11 is 0. The molecule has 2 saturated heterocycles. The Hall–Kier alpha value is -2.70. The molecule has 3 rings (SSSR count). The average Bonchev–Trinajstić information content (AvgIpc) is 3.00. The van der Waals surface area contributed by atoms with Gasteiger partial charge in [0.15, 0.2) is 0 Å². The van der Waals surface area contributed by atoms with E-state index < -0.39 is 24.0 Å². The Morgan fingerprint density at radius 1 is 1.07 bits per heavy atom. The molecule has 2 heterocycles. The van der Waals surface area contributed by atoms with Gasteiger partial charge in [-0.1, -0.05) is 25.6 Å². The number of carbonyl (C=O) groups excluding carboxylic acids is 4. The molecule has 29 heavy (non-hydrogen) atoms. The van der Waals surface area contributed by atoms with Crippen LogP contribution in [0.1, 0.15) is 56.8 Å². The molecule has 7 nitrogen and oxygen atoms in total. The molecule has 2 aliphatic heterocycles. The maximum atomic E-state index is 12.7. The molecule has 2 fully saturated rings. The largest absolute Gasteiger partial charge is 0.469 e. The van der Waals surface area contributed by atoms with Crippen LogP contribution in [-0.4, -0.2) is 53.8 Å². The summed E-state index contributed by atoms with van der Waals surface area (Å²) in [6, 6.07) is 8.13. The van der Waals surface area contributed by atoms with Gasteiger partial charge in [-0.15, -0.1) is 0 Å². The molecule has 1 aromatic carbocycles. The van der Waals surface area contributed by atoms with E-state index >= 15 is 0 Å². The molecule has 1 aromatic rings. The maximum Gasteiger partial charge on any atom is 0.338 e. The van der Waals surface area contributed by atoms with Gasteiger partial charge >= 0.3 is 11.9 Å². The van der Waals surface area contributed by atoms with E-state index in [-0.39, 0.29) is 44.0 Å². The van der Waals surface area contributed by atoms with Crippen molar-refractivity contribution in [2.45, 2.75) is 64.6 Å². The lowest BCUT2D eigenvalue weighted by atomic mass is 9.86. The average molecular weight is 403 g/mol. The first-order valence-corrected chi connectivity index (χ1v) is 9.56. The third kappa shape index (κ3) is 4.83. The maximum absolute atomic E-state index is 12.7. The van der Waals surface area contributed by atoms with Crippen molar-refractivity contribution in [3.8, 4) is 0 Å². The third-order valence-electron chi connectivity index (χ3n) is 5.59. The van der Waals surface area contributed by atoms with Crippen LogP contribution in [-0.2, 0) is 23.9 Å². The van der Waals surface area contributed by atoms with Crippen molar-refractivity contribution in [2.24, 2.45) is 5.92 Å². The Morgan fingerprint density at radius 3 is 2.38 bits per heavy atom. The SMILES string of the molecule is C.COC(=O)[C@H]1C(OC(=O)c2ccccc2)CC2CCC1N2C(=O)CCC(C)=O. The van der Waals surface area contributed by atoms with Crippen molar-refractivity contribution in [3.05, 3.63) is 35.9 Å². The number of carbonyl (C=O) groups is 4. The summed E-state index contributed by atoms with van der Waals surface area (Å²) in [5.74, 6) is -1.88. The molecule has 4 atom stereocenters. The van der Waals surface area contributed by atoms with Gasteiger partial charge in [-0.2, -0.15) is 0 Å². The Kier molecular flexibility index (Phi) is 7.53. The summed E-state index contributed by atoms with van der Waals surface area (Å²) in [5, 5.41) is 0. The summed E-state index contributed by atoms with van der Waals surface area (Å²) in [4.78, 5) is 50.7. The predicted molar refractivity (Wildman–Crippen MR) is 106 cm³/mol. The van der Waals surface area contributed by atoms with Crippen molar-refractivity contribution in [2.75, 3.05) is 7.11 Å². The minimum Gasteiger partial charge on any atom is -0.469 e. The van der Waals surface area contributed by atoms with Crippen molar-refractivity contribution >= 4 is 23.6 Å². The van der Waals surface area contributed by atoms with E-state index in [1.54, 1.807) is 35.2 Å². The van der Waals surface area contributed by atoms with Crippen molar-refractivity contribution in [1.29, 1.82) is 0 Å². The first kappa shape index (κ1) is 22.6. The fourth-order valence-corrected chi connectivity index (χ4v) is 4.31. The molecule has 0 aliphatic carbocycles. The van der Waals surface area contributed by atoms with Gasteiger partial charge in [-0.05, 0) is 31.9 Å². The van der Waals surface area contributed by atoms with E-state index in [0.29, 0.717) is 18.4 Å². The summed E-state index contributed by atoms with van der Waals surface area (Å²) in [7, 11) is 1.29. The summed E-state index contributed by atoms with van der Waals surface area (Å²) < 4.78 is 10.7. The number of Topliss-reactive ketones (excluding diaryl/α,β-unsaturated/α-hetero) is 1. The molecule has 1 amide bonds. The lowest BCUT2D eigenvalue weighted by molar-refractivity contribution is -0.160. The predicted octanol–water partition coefficient (Wildman–Crippen LogP) is 2.77. The van der Waals surface area contributed by atoms with E-state index in [9.17, 15) is 19.2 Å². The standard InChI is InChI=1S/C21H25NO6.CH4/c1-13(23)8-11-18(24)22-15-9-10-16(22)19(21(26)27-2)17(12-15)28-20(25)14-6-4-3-5-7-14;/h3-7,15-17,19H,8-12H2,1-2H3;1H4/t15?,16?,17?,19-;/m1./s1. The zero-order valence-electron chi connectivity index (χ0n) is 16.1. The van der Waals surface area contributed by atoms with Gasteiger partial charge in [0, 0.05) is 31.3 Å². The lowest BCUT2D eigenvalue weighted by Gasteiger charge is -2.42. The Balaban J connectivity index is 0.00000300. The molecule has 0 spiro atoms. The monoisotopic (exact) mass is 403 g/mol. The van der Waals surface area contributed by atoms with E-state index in [0.717, 1.165) is 6.42 Å². The number of esters is 2. The van der Waals surface area contributed by atoms with E-state index in [1.807, 2.05) is 0 Å². The van der Waals surface area contributed by atoms with Crippen LogP contribution in [0, 0.1) is 5.92 Å². The number of amides is 1. The first-order valence-electron chi connectivity index (χ1n) is 9.56. The lowest BCUT2D eigenvalue weighted by Crippen LogP contribution is -2.57. The van der Waals surface area contributed by atoms with Crippen LogP contribution >= 0.6 is 0 Å². The quantitative estimate of drug-likeness (QED) is 0.679. The second kappa shape index (κ2) is 9.67. The van der Waals surface area contributed by atoms with Crippen molar-refractivity contribution in [1.82, 2.24) is 4.90 Å². The Labute approximate surface area is 171 Å². The Bertz CT molecular complexity index is 762. The number of fused-ring (bicyclic) bond motifs is 2. The highest BCUT2D eigenvalue weighted by molar-refractivity contribution is 5.90. The van der Waals surface area contributed by atoms with Crippen molar-refractivity contribution < 1.29 is 28.7 Å². The number of rotatable bonds is 6. The highest BCUT2D eigenvalue weighted by Gasteiger charge is 2.53. The fraction of sp³-hybridized carbons (Fsp3) is 0.545. The van der Waals surface area contributed by atoms with Gasteiger partial charge < -0.3 is 19.2 Å². The summed E-state index contributed by atoms with van der Waals surface area (Å²) in [5.41, 5.74) is 0.415. The topological polar surface area (TPSA) is 90.0 Å². The molecule has 2 bridgehead atoms. The number of ether oxygens (including phenoxy) is 2. The molecule has 0 radical (unpaired) electrons. The zero-order valence-corrected chi connectivity index (χ0v) is 16.1. The van der Waals surface area contributed by atoms with E-state index in [2.05, 4.69) is 0 Å². The van der Waals surface area contributed by atoms with Crippen LogP contribution in [0.25, 0.3) is 0 Å². The fourth-order valence-electron chi connectivity index (χ4n) is 4.31. The normalized spacial score (nSPS) is 25.0. The molecule has 0 aromatic heterocycles. The number of benzene rings is 1. The van der Waals surface area contributed by atoms with Crippen LogP contribution in [0.4, 0.5) is 0 Å². The van der Waals surface area contributed by atoms with Crippen LogP contribution in [0.3, 0.4) is 0 Å². The molecule has 0 N–H and O–H groups in total. The number of methoxy groups -OCH3 is 1. The second-order valence-electron chi connectivity index (χ2n) is 7.40. The van der Waals surface area contributed by atoms with E-state index in [4.69, 9.17) is 9.47 Å². The molecule has 158 valence electrons. The third-order valence-corrected chi connectivity index (χ3v) is 5.59. The van der Waals surface area contributed by atoms with Crippen LogP contribution in [0.5, 0.6) is 0 Å². The minimum atomic E-state index is -0.724. The first-order chi connectivity index (χ1) is 13.4. The van der Waals surface area contributed by atoms with Gasteiger partial charge in [-0.3, -0.25) is 9.59 Å². The van der Waals surface area contributed by atoms with Gasteiger partial charge in [-0.25, -0.2) is 4.79 Å². The highest BCUT2D eigenvalue weighted by atomic mass is 16.6. The molecular formula is C22H29NO6. The van der Waals surface area contributed by atoms with Crippen LogP contribution in [0.15, 0.2) is 30.3 Å². The number of nitrogens with zero attached hydrogens (tertiary/aromatic N) is 1. The Morgan fingerprint density at radius 2 is 1.76 bits per heavy atom. The van der Waals surface area contributed by atoms with Gasteiger partial charge in [0.25, 0.3) is 0 Å².